The van der Waals surface area contributed by atoms with Crippen molar-refractivity contribution in [2.24, 2.45) is 11.7 Å². The molecule has 0 saturated heterocycles. The van der Waals surface area contributed by atoms with Gasteiger partial charge in [0.25, 0.3) is 0 Å². The number of para-hydroxylation sites is 1. The molecule has 1 aliphatic heterocycles. The molecule has 0 spiro atoms. The Hall–Kier alpha value is -1.71. The third-order valence-electron chi connectivity index (χ3n) is 3.07. The first kappa shape index (κ1) is 12.7. The minimum absolute atomic E-state index is 0.0877. The van der Waals surface area contributed by atoms with E-state index in [1.165, 1.54) is 5.56 Å². The Morgan fingerprint density at radius 3 is 2.94 bits per heavy atom. The van der Waals surface area contributed by atoms with E-state index in [0.717, 1.165) is 17.9 Å². The summed E-state index contributed by atoms with van der Waals surface area (Å²) in [4.78, 5) is 0. The van der Waals surface area contributed by atoms with E-state index in [1.54, 1.807) is 0 Å². The summed E-state index contributed by atoms with van der Waals surface area (Å²) >= 11 is 0. The molecule has 4 heteroatoms. The van der Waals surface area contributed by atoms with Crippen LogP contribution in [0.1, 0.15) is 26.3 Å². The van der Waals surface area contributed by atoms with Crippen molar-refractivity contribution in [1.82, 2.24) is 0 Å². The zero-order valence-electron chi connectivity index (χ0n) is 11.1. The maximum atomic E-state index is 7.35. The summed E-state index contributed by atoms with van der Waals surface area (Å²) in [5, 5.41) is 7.35. The quantitative estimate of drug-likeness (QED) is 0.635. The first-order valence-electron chi connectivity index (χ1n) is 6.17. The number of rotatable bonds is 4. The molecule has 1 unspecified atom stereocenters. The van der Waals surface area contributed by atoms with Crippen LogP contribution in [0.15, 0.2) is 18.2 Å². The molecule has 0 bridgehead atoms. The number of ether oxygens (including phenoxy) is 2. The van der Waals surface area contributed by atoms with Gasteiger partial charge in [-0.05, 0) is 19.9 Å². The third-order valence-corrected chi connectivity index (χ3v) is 3.07. The summed E-state index contributed by atoms with van der Waals surface area (Å²) in [5.41, 5.74) is 6.43. The van der Waals surface area contributed by atoms with Crippen molar-refractivity contribution in [3.05, 3.63) is 23.8 Å². The average Bonchev–Trinajstić information content (AvgIpc) is 2.59. The maximum Gasteiger partial charge on any atom is 0.165 e. The second-order valence-electron chi connectivity index (χ2n) is 5.45. The summed E-state index contributed by atoms with van der Waals surface area (Å²) in [5.74, 6) is 1.63. The molecule has 4 nitrogen and oxygen atoms in total. The van der Waals surface area contributed by atoms with Crippen LogP contribution in [0.3, 0.4) is 0 Å². The van der Waals surface area contributed by atoms with Crippen LogP contribution >= 0.6 is 0 Å². The van der Waals surface area contributed by atoms with Crippen molar-refractivity contribution in [3.8, 4) is 11.5 Å². The minimum Gasteiger partial charge on any atom is -0.489 e. The van der Waals surface area contributed by atoms with Gasteiger partial charge in [0.1, 0.15) is 5.60 Å². The molecule has 0 amide bonds. The van der Waals surface area contributed by atoms with E-state index in [1.807, 2.05) is 19.1 Å². The van der Waals surface area contributed by atoms with Gasteiger partial charge in [0.05, 0.1) is 12.4 Å². The molecular weight excluding hydrogens is 228 g/mol. The van der Waals surface area contributed by atoms with Crippen molar-refractivity contribution in [1.29, 1.82) is 5.41 Å². The summed E-state index contributed by atoms with van der Waals surface area (Å²) in [6.07, 6.45) is 0.891. The number of hydrogen-bond acceptors (Lipinski definition) is 3. The minimum atomic E-state index is -0.173. The molecule has 1 atom stereocenters. The van der Waals surface area contributed by atoms with Gasteiger partial charge >= 0.3 is 0 Å². The van der Waals surface area contributed by atoms with Crippen LogP contribution in [0, 0.1) is 11.3 Å². The Labute approximate surface area is 108 Å². The van der Waals surface area contributed by atoms with Gasteiger partial charge in [-0.25, -0.2) is 0 Å². The Morgan fingerprint density at radius 2 is 2.28 bits per heavy atom. The van der Waals surface area contributed by atoms with Crippen molar-refractivity contribution >= 4 is 5.84 Å². The van der Waals surface area contributed by atoms with Gasteiger partial charge < -0.3 is 15.2 Å². The molecule has 3 N–H and O–H groups in total. The zero-order chi connectivity index (χ0) is 13.3. The van der Waals surface area contributed by atoms with Crippen LogP contribution in [-0.4, -0.2) is 18.0 Å². The number of nitrogens with one attached hydrogen (secondary N) is 1. The van der Waals surface area contributed by atoms with E-state index in [0.29, 0.717) is 6.61 Å². The summed E-state index contributed by atoms with van der Waals surface area (Å²) in [6.45, 7) is 6.40. The third kappa shape index (κ3) is 2.58. The smallest absolute Gasteiger partial charge is 0.165 e. The number of amidine groups is 1. The lowest BCUT2D eigenvalue weighted by Crippen LogP contribution is -2.26. The number of fused-ring (bicyclic) bond motifs is 1. The van der Waals surface area contributed by atoms with Crippen LogP contribution in [0.2, 0.25) is 0 Å². The molecule has 0 saturated carbocycles. The van der Waals surface area contributed by atoms with Crippen LogP contribution in [0.25, 0.3) is 0 Å². The molecule has 1 aliphatic rings. The molecule has 1 aromatic carbocycles. The van der Waals surface area contributed by atoms with Gasteiger partial charge in [0, 0.05) is 17.9 Å². The van der Waals surface area contributed by atoms with E-state index >= 15 is 0 Å². The van der Waals surface area contributed by atoms with Crippen molar-refractivity contribution in [2.75, 3.05) is 6.61 Å². The van der Waals surface area contributed by atoms with Gasteiger partial charge in [0.15, 0.2) is 11.5 Å². The summed E-state index contributed by atoms with van der Waals surface area (Å²) < 4.78 is 11.6. The predicted molar refractivity (Wildman–Crippen MR) is 71.4 cm³/mol. The first-order valence-corrected chi connectivity index (χ1v) is 6.17. The molecule has 0 aliphatic carbocycles. The van der Waals surface area contributed by atoms with E-state index in [9.17, 15) is 0 Å². The fraction of sp³-hybridized carbons (Fsp3) is 0.500. The Balaban J connectivity index is 2.12. The summed E-state index contributed by atoms with van der Waals surface area (Å²) in [7, 11) is 0. The van der Waals surface area contributed by atoms with Gasteiger partial charge in [-0.2, -0.15) is 0 Å². The molecule has 1 aromatic rings. The molecule has 0 aromatic heterocycles. The standard InChI is InChI=1S/C14H20N2O2/c1-9(13(15)16)8-17-11-6-4-5-10-7-14(2,3)18-12(10)11/h4-6,9H,7-8H2,1-3H3,(H3,15,16). The highest BCUT2D eigenvalue weighted by molar-refractivity contribution is 5.79. The van der Waals surface area contributed by atoms with E-state index in [-0.39, 0.29) is 17.4 Å². The first-order chi connectivity index (χ1) is 8.39. The lowest BCUT2D eigenvalue weighted by Gasteiger charge is -2.19. The monoisotopic (exact) mass is 248 g/mol. The lowest BCUT2D eigenvalue weighted by molar-refractivity contribution is 0.131. The van der Waals surface area contributed by atoms with Crippen molar-refractivity contribution in [3.63, 3.8) is 0 Å². The largest absolute Gasteiger partial charge is 0.489 e. The Morgan fingerprint density at radius 1 is 1.56 bits per heavy atom. The van der Waals surface area contributed by atoms with Crippen molar-refractivity contribution in [2.45, 2.75) is 32.8 Å². The van der Waals surface area contributed by atoms with Crippen molar-refractivity contribution < 1.29 is 9.47 Å². The second kappa shape index (κ2) is 4.52. The Kier molecular flexibility index (Phi) is 3.20. The van der Waals surface area contributed by atoms with Gasteiger partial charge in [-0.3, -0.25) is 5.41 Å². The summed E-state index contributed by atoms with van der Waals surface area (Å²) in [6, 6.07) is 5.93. The predicted octanol–water partition coefficient (Wildman–Crippen LogP) is 2.35. The highest BCUT2D eigenvalue weighted by Crippen LogP contribution is 2.41. The topological polar surface area (TPSA) is 68.3 Å². The number of nitrogens with two attached hydrogens (primary N) is 1. The van der Waals surface area contributed by atoms with Gasteiger partial charge in [0.2, 0.25) is 0 Å². The second-order valence-corrected chi connectivity index (χ2v) is 5.45. The van der Waals surface area contributed by atoms with E-state index in [2.05, 4.69) is 19.9 Å². The van der Waals surface area contributed by atoms with Crippen LogP contribution in [-0.2, 0) is 6.42 Å². The lowest BCUT2D eigenvalue weighted by atomic mass is 10.0. The number of hydrogen-bond donors (Lipinski definition) is 2. The fourth-order valence-corrected chi connectivity index (χ4v) is 2.01. The molecule has 0 fully saturated rings. The van der Waals surface area contributed by atoms with Crippen LogP contribution in [0.4, 0.5) is 0 Å². The van der Waals surface area contributed by atoms with Crippen LogP contribution < -0.4 is 15.2 Å². The zero-order valence-corrected chi connectivity index (χ0v) is 11.1. The molecule has 98 valence electrons. The molecule has 0 radical (unpaired) electrons. The molecule has 1 heterocycles. The fourth-order valence-electron chi connectivity index (χ4n) is 2.01. The maximum absolute atomic E-state index is 7.35. The van der Waals surface area contributed by atoms with E-state index in [4.69, 9.17) is 20.6 Å². The van der Waals surface area contributed by atoms with Gasteiger partial charge in [-0.1, -0.05) is 19.1 Å². The van der Waals surface area contributed by atoms with E-state index < -0.39 is 0 Å². The molecular formula is C14H20N2O2. The molecule has 2 rings (SSSR count). The normalized spacial score (nSPS) is 17.7. The van der Waals surface area contributed by atoms with Crippen LogP contribution in [0.5, 0.6) is 11.5 Å². The highest BCUT2D eigenvalue weighted by Gasteiger charge is 2.32. The molecule has 18 heavy (non-hydrogen) atoms. The average molecular weight is 248 g/mol. The number of benzene rings is 1. The van der Waals surface area contributed by atoms with Gasteiger partial charge in [-0.15, -0.1) is 0 Å². The SMILES string of the molecule is CC(COc1cccc2c1OC(C)(C)C2)C(=N)N. The Bertz CT molecular complexity index is 469. The highest BCUT2D eigenvalue weighted by atomic mass is 16.5.